The quantitative estimate of drug-likeness (QED) is 0.769. The van der Waals surface area contributed by atoms with Crippen LogP contribution < -0.4 is 11.1 Å². The van der Waals surface area contributed by atoms with Crippen molar-refractivity contribution in [2.24, 2.45) is 5.73 Å². The molecule has 0 bridgehead atoms. The molecular formula is C12H16N2S. The van der Waals surface area contributed by atoms with Crippen LogP contribution in [0.5, 0.6) is 0 Å². The minimum Gasteiger partial charge on any atom is -0.389 e. The van der Waals surface area contributed by atoms with Gasteiger partial charge in [-0.05, 0) is 38.3 Å². The minimum absolute atomic E-state index is 0.237. The standard InChI is InChI=1S/C12H16N2S/c1-12(7-4-8-12)14-10-6-3-2-5-9(10)11(13)15/h2-3,5-6,14H,4,7-8H2,1H3,(H2,13,15). The Morgan fingerprint density at radius 2 is 2.07 bits per heavy atom. The van der Waals surface area contributed by atoms with Crippen molar-refractivity contribution in [1.29, 1.82) is 0 Å². The fourth-order valence-electron chi connectivity index (χ4n) is 1.96. The predicted molar refractivity (Wildman–Crippen MR) is 68.2 cm³/mol. The lowest BCUT2D eigenvalue weighted by Crippen LogP contribution is -2.42. The Morgan fingerprint density at radius 3 is 2.60 bits per heavy atom. The van der Waals surface area contributed by atoms with Gasteiger partial charge >= 0.3 is 0 Å². The molecule has 0 aliphatic heterocycles. The van der Waals surface area contributed by atoms with Crippen LogP contribution in [0.15, 0.2) is 24.3 Å². The number of anilines is 1. The Labute approximate surface area is 95.9 Å². The molecule has 1 fully saturated rings. The molecule has 15 heavy (non-hydrogen) atoms. The summed E-state index contributed by atoms with van der Waals surface area (Å²) in [5, 5.41) is 3.54. The molecule has 1 aromatic rings. The summed E-state index contributed by atoms with van der Waals surface area (Å²) in [7, 11) is 0. The number of para-hydroxylation sites is 1. The fourth-order valence-corrected chi connectivity index (χ4v) is 2.14. The van der Waals surface area contributed by atoms with Crippen LogP contribution in [0.2, 0.25) is 0 Å². The van der Waals surface area contributed by atoms with Crippen LogP contribution in [0.1, 0.15) is 31.7 Å². The van der Waals surface area contributed by atoms with Crippen molar-refractivity contribution in [1.82, 2.24) is 0 Å². The van der Waals surface area contributed by atoms with Crippen LogP contribution in [0.25, 0.3) is 0 Å². The predicted octanol–water partition coefficient (Wildman–Crippen LogP) is 2.68. The van der Waals surface area contributed by atoms with Gasteiger partial charge in [-0.1, -0.05) is 24.4 Å². The highest BCUT2D eigenvalue weighted by Crippen LogP contribution is 2.35. The summed E-state index contributed by atoms with van der Waals surface area (Å²) in [6.07, 6.45) is 3.75. The van der Waals surface area contributed by atoms with E-state index < -0.39 is 0 Å². The number of hydrogen-bond acceptors (Lipinski definition) is 2. The fraction of sp³-hybridized carbons (Fsp3) is 0.417. The maximum absolute atomic E-state index is 5.68. The van der Waals surface area contributed by atoms with Gasteiger partial charge in [-0.25, -0.2) is 0 Å². The van der Waals surface area contributed by atoms with Gasteiger partial charge in [0.25, 0.3) is 0 Å². The minimum atomic E-state index is 0.237. The zero-order chi connectivity index (χ0) is 10.9. The Bertz CT molecular complexity index is 383. The van der Waals surface area contributed by atoms with Gasteiger partial charge in [0.05, 0.1) is 0 Å². The summed E-state index contributed by atoms with van der Waals surface area (Å²) >= 11 is 5.03. The van der Waals surface area contributed by atoms with Gasteiger partial charge in [0, 0.05) is 16.8 Å². The molecule has 0 heterocycles. The lowest BCUT2D eigenvalue weighted by molar-refractivity contribution is 0.306. The van der Waals surface area contributed by atoms with Gasteiger partial charge < -0.3 is 11.1 Å². The van der Waals surface area contributed by atoms with E-state index in [1.807, 2.05) is 24.3 Å². The lowest BCUT2D eigenvalue weighted by Gasteiger charge is -2.40. The van der Waals surface area contributed by atoms with Gasteiger partial charge in [-0.3, -0.25) is 0 Å². The maximum Gasteiger partial charge on any atom is 0.106 e. The third kappa shape index (κ3) is 2.12. The average molecular weight is 220 g/mol. The van der Waals surface area contributed by atoms with E-state index in [4.69, 9.17) is 18.0 Å². The number of benzene rings is 1. The van der Waals surface area contributed by atoms with E-state index in [0.29, 0.717) is 4.99 Å². The third-order valence-electron chi connectivity index (χ3n) is 3.09. The number of hydrogen-bond donors (Lipinski definition) is 2. The summed E-state index contributed by atoms with van der Waals surface area (Å²) in [5.74, 6) is 0. The van der Waals surface area contributed by atoms with Gasteiger partial charge in [0.2, 0.25) is 0 Å². The summed E-state index contributed by atoms with van der Waals surface area (Å²) in [6.45, 7) is 2.24. The first-order valence-corrected chi connectivity index (χ1v) is 5.69. The molecule has 1 aromatic carbocycles. The van der Waals surface area contributed by atoms with Crippen molar-refractivity contribution < 1.29 is 0 Å². The zero-order valence-electron chi connectivity index (χ0n) is 8.92. The highest BCUT2D eigenvalue weighted by atomic mass is 32.1. The van der Waals surface area contributed by atoms with Crippen molar-refractivity contribution >= 4 is 22.9 Å². The number of thiocarbonyl (C=S) groups is 1. The van der Waals surface area contributed by atoms with Crippen LogP contribution in [0, 0.1) is 0 Å². The van der Waals surface area contributed by atoms with E-state index in [1.54, 1.807) is 0 Å². The largest absolute Gasteiger partial charge is 0.389 e. The topological polar surface area (TPSA) is 38.0 Å². The Hall–Kier alpha value is -1.09. The van der Waals surface area contributed by atoms with E-state index in [-0.39, 0.29) is 5.54 Å². The number of nitrogens with one attached hydrogen (secondary N) is 1. The molecule has 1 aliphatic rings. The van der Waals surface area contributed by atoms with Crippen LogP contribution in [0.4, 0.5) is 5.69 Å². The second kappa shape index (κ2) is 3.81. The van der Waals surface area contributed by atoms with Crippen molar-refractivity contribution in [2.45, 2.75) is 31.7 Å². The molecule has 3 N–H and O–H groups in total. The summed E-state index contributed by atoms with van der Waals surface area (Å²) in [4.78, 5) is 0.459. The lowest BCUT2D eigenvalue weighted by atomic mass is 9.78. The van der Waals surface area contributed by atoms with E-state index in [1.165, 1.54) is 19.3 Å². The van der Waals surface area contributed by atoms with Crippen LogP contribution in [0.3, 0.4) is 0 Å². The Morgan fingerprint density at radius 1 is 1.40 bits per heavy atom. The van der Waals surface area contributed by atoms with E-state index in [2.05, 4.69) is 12.2 Å². The normalized spacial score (nSPS) is 17.9. The molecule has 80 valence electrons. The van der Waals surface area contributed by atoms with Gasteiger partial charge in [-0.15, -0.1) is 0 Å². The molecule has 2 nitrogen and oxygen atoms in total. The molecule has 0 amide bonds. The molecule has 0 saturated heterocycles. The van der Waals surface area contributed by atoms with Gasteiger partial charge in [0.15, 0.2) is 0 Å². The van der Waals surface area contributed by atoms with Crippen molar-refractivity contribution in [3.8, 4) is 0 Å². The molecule has 0 radical (unpaired) electrons. The maximum atomic E-state index is 5.68. The first-order chi connectivity index (χ1) is 7.11. The van der Waals surface area contributed by atoms with E-state index >= 15 is 0 Å². The van der Waals surface area contributed by atoms with Crippen LogP contribution in [-0.4, -0.2) is 10.5 Å². The summed E-state index contributed by atoms with van der Waals surface area (Å²) < 4.78 is 0. The monoisotopic (exact) mass is 220 g/mol. The van der Waals surface area contributed by atoms with Gasteiger partial charge in [-0.2, -0.15) is 0 Å². The molecule has 1 saturated carbocycles. The molecular weight excluding hydrogens is 204 g/mol. The van der Waals surface area contributed by atoms with Crippen LogP contribution in [-0.2, 0) is 0 Å². The van der Waals surface area contributed by atoms with E-state index in [0.717, 1.165) is 11.3 Å². The second-order valence-electron chi connectivity index (χ2n) is 4.45. The van der Waals surface area contributed by atoms with Crippen molar-refractivity contribution in [3.05, 3.63) is 29.8 Å². The number of rotatable bonds is 3. The highest BCUT2D eigenvalue weighted by molar-refractivity contribution is 7.80. The summed E-state index contributed by atoms with van der Waals surface area (Å²) in [5.41, 5.74) is 7.93. The molecule has 0 aromatic heterocycles. The molecule has 3 heteroatoms. The first kappa shape index (κ1) is 10.4. The molecule has 1 aliphatic carbocycles. The molecule has 0 spiro atoms. The smallest absolute Gasteiger partial charge is 0.106 e. The zero-order valence-corrected chi connectivity index (χ0v) is 9.73. The van der Waals surface area contributed by atoms with E-state index in [9.17, 15) is 0 Å². The molecule has 0 atom stereocenters. The summed E-state index contributed by atoms with van der Waals surface area (Å²) in [6, 6.07) is 7.97. The third-order valence-corrected chi connectivity index (χ3v) is 3.31. The molecule has 0 unspecified atom stereocenters. The average Bonchev–Trinajstić information content (AvgIpc) is 2.16. The van der Waals surface area contributed by atoms with Crippen molar-refractivity contribution in [2.75, 3.05) is 5.32 Å². The highest BCUT2D eigenvalue weighted by Gasteiger charge is 2.31. The second-order valence-corrected chi connectivity index (χ2v) is 4.89. The van der Waals surface area contributed by atoms with Gasteiger partial charge in [0.1, 0.15) is 4.99 Å². The Balaban J connectivity index is 2.23. The Kier molecular flexibility index (Phi) is 2.65. The first-order valence-electron chi connectivity index (χ1n) is 5.28. The molecule has 2 rings (SSSR count). The van der Waals surface area contributed by atoms with Crippen LogP contribution >= 0.6 is 12.2 Å². The number of nitrogens with two attached hydrogens (primary N) is 1. The SMILES string of the molecule is CC1(Nc2ccccc2C(N)=S)CCC1. The van der Waals surface area contributed by atoms with Crippen molar-refractivity contribution in [3.63, 3.8) is 0 Å².